The summed E-state index contributed by atoms with van der Waals surface area (Å²) in [5.41, 5.74) is 0. The van der Waals surface area contributed by atoms with Crippen molar-refractivity contribution in [2.24, 2.45) is 5.92 Å². The van der Waals surface area contributed by atoms with Gasteiger partial charge in [0.05, 0.1) is 5.92 Å². The van der Waals surface area contributed by atoms with Crippen LogP contribution < -0.4 is 0 Å². The number of rotatable bonds is 1. The van der Waals surface area contributed by atoms with E-state index in [0.29, 0.717) is 12.8 Å². The molecule has 0 radical (unpaired) electrons. The largest absolute Gasteiger partial charge is 0.368 e. The molecule has 3 heteroatoms. The second-order valence-corrected chi connectivity index (χ2v) is 3.44. The normalized spacial score (nSPS) is 26.9. The minimum absolute atomic E-state index is 0.0182. The zero-order valence-electron chi connectivity index (χ0n) is 7.20. The molecule has 1 fully saturated rings. The first-order valence-electron chi connectivity index (χ1n) is 4.60. The van der Waals surface area contributed by atoms with E-state index in [1.54, 1.807) is 0 Å². The maximum absolute atomic E-state index is 11.3. The van der Waals surface area contributed by atoms with E-state index in [0.717, 1.165) is 25.7 Å². The van der Waals surface area contributed by atoms with E-state index in [1.165, 1.54) is 0 Å². The molecular weight excluding hydrogens is 156 g/mol. The highest BCUT2D eigenvalue weighted by Crippen LogP contribution is 2.21. The van der Waals surface area contributed by atoms with Crippen molar-refractivity contribution in [2.45, 2.75) is 44.8 Å². The fraction of sp³-hybridized carbons (Fsp3) is 0.889. The zero-order chi connectivity index (χ0) is 8.97. The molecular formula is C9H16O3. The lowest BCUT2D eigenvalue weighted by Gasteiger charge is -2.19. The summed E-state index contributed by atoms with van der Waals surface area (Å²) in [7, 11) is 0. The number of carbonyl (C=O) groups is 1. The van der Waals surface area contributed by atoms with Crippen LogP contribution in [-0.4, -0.2) is 22.3 Å². The van der Waals surface area contributed by atoms with Gasteiger partial charge in [0.1, 0.15) is 5.78 Å². The van der Waals surface area contributed by atoms with Crippen LogP contribution in [-0.2, 0) is 4.79 Å². The smallest absolute Gasteiger partial charge is 0.161 e. The fourth-order valence-electron chi connectivity index (χ4n) is 1.68. The van der Waals surface area contributed by atoms with E-state index >= 15 is 0 Å². The second-order valence-electron chi connectivity index (χ2n) is 3.44. The monoisotopic (exact) mass is 172 g/mol. The van der Waals surface area contributed by atoms with Crippen molar-refractivity contribution in [3.63, 3.8) is 0 Å². The van der Waals surface area contributed by atoms with Gasteiger partial charge in [0.2, 0.25) is 0 Å². The third-order valence-electron chi connectivity index (χ3n) is 2.46. The van der Waals surface area contributed by atoms with Crippen LogP contribution >= 0.6 is 0 Å². The van der Waals surface area contributed by atoms with Gasteiger partial charge < -0.3 is 10.2 Å². The number of carbonyl (C=O) groups excluding carboxylic acids is 1. The van der Waals surface area contributed by atoms with Crippen LogP contribution in [0.5, 0.6) is 0 Å². The van der Waals surface area contributed by atoms with Crippen LogP contribution in [0, 0.1) is 5.92 Å². The summed E-state index contributed by atoms with van der Waals surface area (Å²) in [6.07, 6.45) is 3.75. The van der Waals surface area contributed by atoms with Crippen LogP contribution in [0.4, 0.5) is 0 Å². The lowest BCUT2D eigenvalue weighted by Crippen LogP contribution is -2.28. The first kappa shape index (κ1) is 9.68. The molecule has 3 nitrogen and oxygen atoms in total. The number of aliphatic hydroxyl groups is 2. The zero-order valence-corrected chi connectivity index (χ0v) is 7.20. The van der Waals surface area contributed by atoms with Crippen molar-refractivity contribution in [1.82, 2.24) is 0 Å². The Kier molecular flexibility index (Phi) is 3.69. The molecule has 1 saturated carbocycles. The lowest BCUT2D eigenvalue weighted by molar-refractivity contribution is -0.141. The molecule has 0 aromatic carbocycles. The molecule has 0 aromatic heterocycles. The molecule has 0 saturated heterocycles. The minimum Gasteiger partial charge on any atom is -0.368 e. The summed E-state index contributed by atoms with van der Waals surface area (Å²) in [5.74, 6) is -0.505. The molecule has 1 aliphatic carbocycles. The second kappa shape index (κ2) is 4.58. The molecule has 1 rings (SSSR count). The molecule has 0 aromatic rings. The standard InChI is InChI=1S/C9H16O3/c10-8-6-4-2-1-3-5-7(8)9(11)12/h7,9,11-12H,1-6H2. The molecule has 0 amide bonds. The van der Waals surface area contributed by atoms with Crippen LogP contribution in [0.3, 0.4) is 0 Å². The Morgan fingerprint density at radius 1 is 1.17 bits per heavy atom. The van der Waals surface area contributed by atoms with Crippen molar-refractivity contribution >= 4 is 5.78 Å². The van der Waals surface area contributed by atoms with Crippen LogP contribution in [0.25, 0.3) is 0 Å². The van der Waals surface area contributed by atoms with Gasteiger partial charge in [0.25, 0.3) is 0 Å². The molecule has 1 atom stereocenters. The predicted octanol–water partition coefficient (Wildman–Crippen LogP) is 0.837. The topological polar surface area (TPSA) is 57.5 Å². The van der Waals surface area contributed by atoms with Crippen molar-refractivity contribution in [1.29, 1.82) is 0 Å². The first-order chi connectivity index (χ1) is 5.72. The molecule has 0 bridgehead atoms. The maximum Gasteiger partial charge on any atom is 0.161 e. The third-order valence-corrected chi connectivity index (χ3v) is 2.46. The highest BCUT2D eigenvalue weighted by Gasteiger charge is 2.25. The van der Waals surface area contributed by atoms with Gasteiger partial charge >= 0.3 is 0 Å². The number of hydrogen-bond acceptors (Lipinski definition) is 3. The summed E-state index contributed by atoms with van der Waals surface area (Å²) in [6.45, 7) is 0. The Hall–Kier alpha value is -0.410. The van der Waals surface area contributed by atoms with Crippen LogP contribution in [0.1, 0.15) is 38.5 Å². The summed E-state index contributed by atoms with van der Waals surface area (Å²) < 4.78 is 0. The molecule has 2 N–H and O–H groups in total. The van der Waals surface area contributed by atoms with Crippen LogP contribution in [0.15, 0.2) is 0 Å². The highest BCUT2D eigenvalue weighted by molar-refractivity contribution is 5.81. The van der Waals surface area contributed by atoms with E-state index in [1.807, 2.05) is 0 Å². The van der Waals surface area contributed by atoms with E-state index in [-0.39, 0.29) is 5.78 Å². The number of aliphatic hydroxyl groups excluding tert-OH is 1. The Bertz CT molecular complexity index is 154. The van der Waals surface area contributed by atoms with Gasteiger partial charge in [-0.1, -0.05) is 19.3 Å². The van der Waals surface area contributed by atoms with Gasteiger partial charge in [0.15, 0.2) is 6.29 Å². The average Bonchev–Trinajstić information content (AvgIpc) is 1.96. The average molecular weight is 172 g/mol. The Morgan fingerprint density at radius 2 is 1.83 bits per heavy atom. The van der Waals surface area contributed by atoms with Gasteiger partial charge in [-0.3, -0.25) is 4.79 Å². The number of Topliss-reactive ketones (excluding diaryl/α,β-unsaturated/α-hetero) is 1. The molecule has 0 aliphatic heterocycles. The van der Waals surface area contributed by atoms with Crippen LogP contribution in [0.2, 0.25) is 0 Å². The summed E-state index contributed by atoms with van der Waals surface area (Å²) in [6, 6.07) is 0. The fourth-order valence-corrected chi connectivity index (χ4v) is 1.68. The molecule has 0 heterocycles. The Balaban J connectivity index is 2.49. The molecule has 1 unspecified atom stereocenters. The van der Waals surface area contributed by atoms with Crippen molar-refractivity contribution in [3.05, 3.63) is 0 Å². The SMILES string of the molecule is O=C1CCCCCCC1C(O)O. The van der Waals surface area contributed by atoms with Crippen molar-refractivity contribution < 1.29 is 15.0 Å². The summed E-state index contributed by atoms with van der Waals surface area (Å²) >= 11 is 0. The van der Waals surface area contributed by atoms with Gasteiger partial charge in [-0.25, -0.2) is 0 Å². The molecule has 12 heavy (non-hydrogen) atoms. The van der Waals surface area contributed by atoms with Gasteiger partial charge in [-0.05, 0) is 12.8 Å². The first-order valence-corrected chi connectivity index (χ1v) is 4.60. The van der Waals surface area contributed by atoms with E-state index in [9.17, 15) is 4.79 Å². The molecule has 70 valence electrons. The lowest BCUT2D eigenvalue weighted by atomic mass is 9.90. The van der Waals surface area contributed by atoms with E-state index in [4.69, 9.17) is 10.2 Å². The third kappa shape index (κ3) is 2.57. The summed E-state index contributed by atoms with van der Waals surface area (Å²) in [4.78, 5) is 11.3. The van der Waals surface area contributed by atoms with Crippen molar-refractivity contribution in [2.75, 3.05) is 0 Å². The molecule has 1 aliphatic rings. The van der Waals surface area contributed by atoms with Gasteiger partial charge in [-0.15, -0.1) is 0 Å². The number of ketones is 1. The van der Waals surface area contributed by atoms with E-state index < -0.39 is 12.2 Å². The summed E-state index contributed by atoms with van der Waals surface area (Å²) in [5, 5.41) is 17.8. The quantitative estimate of drug-likeness (QED) is 0.576. The Morgan fingerprint density at radius 3 is 2.50 bits per heavy atom. The van der Waals surface area contributed by atoms with Gasteiger partial charge in [-0.2, -0.15) is 0 Å². The maximum atomic E-state index is 11.3. The van der Waals surface area contributed by atoms with Crippen molar-refractivity contribution in [3.8, 4) is 0 Å². The number of hydrogen-bond donors (Lipinski definition) is 2. The highest BCUT2D eigenvalue weighted by atomic mass is 16.5. The Labute approximate surface area is 72.4 Å². The minimum atomic E-state index is -1.45. The molecule has 0 spiro atoms. The van der Waals surface area contributed by atoms with E-state index in [2.05, 4.69) is 0 Å². The van der Waals surface area contributed by atoms with Gasteiger partial charge in [0, 0.05) is 6.42 Å². The predicted molar refractivity (Wildman–Crippen MR) is 44.4 cm³/mol.